The third kappa shape index (κ3) is 2.68. The van der Waals surface area contributed by atoms with E-state index in [4.69, 9.17) is 0 Å². The molecule has 1 aliphatic rings. The number of carbonyl (C=O) groups excluding carboxylic acids is 1. The number of β-amino-alcohol motifs (C(OH)–C–C–N with tert-alkyl or cyclic N) is 1. The number of carbonyl (C=O) groups is 1. The predicted octanol–water partition coefficient (Wildman–Crippen LogP) is 0.999. The smallest absolute Gasteiger partial charge is 0.236 e. The number of amides is 1. The molecule has 1 heterocycles. The predicted molar refractivity (Wildman–Crippen MR) is 54.8 cm³/mol. The summed E-state index contributed by atoms with van der Waals surface area (Å²) in [4.78, 5) is 13.1. The van der Waals surface area contributed by atoms with E-state index < -0.39 is 0 Å². The molecule has 1 amide bonds. The van der Waals surface area contributed by atoms with E-state index in [0.29, 0.717) is 12.5 Å². The Morgan fingerprint density at radius 2 is 2.31 bits per heavy atom. The molecule has 1 aliphatic heterocycles. The molecule has 76 valence electrons. The normalized spacial score (nSPS) is 31.5. The van der Waals surface area contributed by atoms with Crippen molar-refractivity contribution in [2.45, 2.75) is 31.2 Å². The molecule has 0 aromatic heterocycles. The highest BCUT2D eigenvalue weighted by Gasteiger charge is 2.28. The van der Waals surface area contributed by atoms with Gasteiger partial charge in [0.15, 0.2) is 0 Å². The summed E-state index contributed by atoms with van der Waals surface area (Å²) in [5, 5.41) is 9.57. The Morgan fingerprint density at radius 3 is 2.77 bits per heavy atom. The van der Waals surface area contributed by atoms with E-state index in [1.165, 1.54) is 0 Å². The molecule has 3 nitrogen and oxygen atoms in total. The van der Waals surface area contributed by atoms with E-state index >= 15 is 0 Å². The average Bonchev–Trinajstić information content (AvgIpc) is 2.08. The second-order valence-corrected chi connectivity index (χ2v) is 5.11. The highest BCUT2D eigenvalue weighted by atomic mass is 79.9. The van der Waals surface area contributed by atoms with Crippen molar-refractivity contribution in [3.63, 3.8) is 0 Å². The molecule has 3 unspecified atom stereocenters. The fourth-order valence-electron chi connectivity index (χ4n) is 1.50. The second kappa shape index (κ2) is 4.42. The lowest BCUT2D eigenvalue weighted by Crippen LogP contribution is -2.47. The molecular weight excluding hydrogens is 234 g/mol. The lowest BCUT2D eigenvalue weighted by atomic mass is 9.96. The van der Waals surface area contributed by atoms with Crippen molar-refractivity contribution >= 4 is 21.8 Å². The lowest BCUT2D eigenvalue weighted by molar-refractivity contribution is -0.134. The summed E-state index contributed by atoms with van der Waals surface area (Å²) < 4.78 is 0. The standard InChI is InChI=1S/C9H16BrNO2/c1-6-3-4-11(5-8(6)12)9(13)7(2)10/h6-8,12H,3-5H2,1-2H3. The maximum atomic E-state index is 11.5. The van der Waals surface area contributed by atoms with Crippen molar-refractivity contribution in [2.75, 3.05) is 13.1 Å². The van der Waals surface area contributed by atoms with Gasteiger partial charge in [-0.2, -0.15) is 0 Å². The van der Waals surface area contributed by atoms with Crippen LogP contribution >= 0.6 is 15.9 Å². The van der Waals surface area contributed by atoms with Crippen molar-refractivity contribution in [1.82, 2.24) is 4.90 Å². The van der Waals surface area contributed by atoms with E-state index in [0.717, 1.165) is 13.0 Å². The monoisotopic (exact) mass is 249 g/mol. The zero-order chi connectivity index (χ0) is 10.0. The van der Waals surface area contributed by atoms with Crippen LogP contribution < -0.4 is 0 Å². The fraction of sp³-hybridized carbons (Fsp3) is 0.889. The molecule has 0 bridgehead atoms. The maximum absolute atomic E-state index is 11.5. The summed E-state index contributed by atoms with van der Waals surface area (Å²) in [5.74, 6) is 0.389. The maximum Gasteiger partial charge on any atom is 0.236 e. The van der Waals surface area contributed by atoms with E-state index in [-0.39, 0.29) is 16.8 Å². The first kappa shape index (κ1) is 11.0. The number of aliphatic hydroxyl groups excluding tert-OH is 1. The minimum Gasteiger partial charge on any atom is -0.391 e. The van der Waals surface area contributed by atoms with Crippen molar-refractivity contribution in [3.05, 3.63) is 0 Å². The first-order chi connectivity index (χ1) is 6.02. The van der Waals surface area contributed by atoms with Crippen LogP contribution in [-0.4, -0.2) is 39.9 Å². The van der Waals surface area contributed by atoms with Crippen molar-refractivity contribution in [1.29, 1.82) is 0 Å². The fourth-order valence-corrected chi connectivity index (χ4v) is 1.79. The third-order valence-corrected chi connectivity index (χ3v) is 2.96. The highest BCUT2D eigenvalue weighted by molar-refractivity contribution is 9.10. The van der Waals surface area contributed by atoms with Crippen molar-refractivity contribution in [2.24, 2.45) is 5.92 Å². The molecule has 0 aromatic rings. The number of piperidine rings is 1. The van der Waals surface area contributed by atoms with Crippen LogP contribution in [0.1, 0.15) is 20.3 Å². The molecule has 0 saturated carbocycles. The molecule has 1 N–H and O–H groups in total. The van der Waals surface area contributed by atoms with Crippen LogP contribution in [0.2, 0.25) is 0 Å². The van der Waals surface area contributed by atoms with Gasteiger partial charge in [0.05, 0.1) is 10.9 Å². The van der Waals surface area contributed by atoms with Gasteiger partial charge in [-0.3, -0.25) is 4.79 Å². The number of rotatable bonds is 1. The van der Waals surface area contributed by atoms with Crippen LogP contribution in [0, 0.1) is 5.92 Å². The lowest BCUT2D eigenvalue weighted by Gasteiger charge is -2.34. The molecule has 0 radical (unpaired) electrons. The Bertz CT molecular complexity index is 196. The third-order valence-electron chi connectivity index (χ3n) is 2.57. The molecule has 0 spiro atoms. The summed E-state index contributed by atoms with van der Waals surface area (Å²) >= 11 is 3.24. The summed E-state index contributed by atoms with van der Waals surface area (Å²) in [6.07, 6.45) is 0.538. The van der Waals surface area contributed by atoms with E-state index in [1.807, 2.05) is 13.8 Å². The molecule has 0 aliphatic carbocycles. The highest BCUT2D eigenvalue weighted by Crippen LogP contribution is 2.18. The minimum absolute atomic E-state index is 0.0750. The van der Waals surface area contributed by atoms with Gasteiger partial charge in [-0.05, 0) is 19.3 Å². The van der Waals surface area contributed by atoms with Crippen molar-refractivity contribution in [3.8, 4) is 0 Å². The van der Waals surface area contributed by atoms with E-state index in [2.05, 4.69) is 15.9 Å². The van der Waals surface area contributed by atoms with Crippen LogP contribution in [0.5, 0.6) is 0 Å². The Kier molecular flexibility index (Phi) is 3.74. The zero-order valence-corrected chi connectivity index (χ0v) is 9.62. The summed E-state index contributed by atoms with van der Waals surface area (Å²) in [5.41, 5.74) is 0. The molecular formula is C9H16BrNO2. The van der Waals surface area contributed by atoms with Gasteiger partial charge in [0.1, 0.15) is 0 Å². The zero-order valence-electron chi connectivity index (χ0n) is 8.03. The van der Waals surface area contributed by atoms with Crippen LogP contribution in [0.3, 0.4) is 0 Å². The van der Waals surface area contributed by atoms with Gasteiger partial charge in [-0.25, -0.2) is 0 Å². The Balaban J connectivity index is 2.50. The number of alkyl halides is 1. The van der Waals surface area contributed by atoms with Crippen molar-refractivity contribution < 1.29 is 9.90 Å². The molecule has 1 rings (SSSR count). The first-order valence-electron chi connectivity index (χ1n) is 4.63. The van der Waals surface area contributed by atoms with Crippen LogP contribution in [0.25, 0.3) is 0 Å². The van der Waals surface area contributed by atoms with Crippen LogP contribution in [0.15, 0.2) is 0 Å². The van der Waals surface area contributed by atoms with Gasteiger partial charge in [-0.1, -0.05) is 22.9 Å². The number of nitrogens with zero attached hydrogens (tertiary/aromatic N) is 1. The minimum atomic E-state index is -0.357. The number of hydrogen-bond donors (Lipinski definition) is 1. The summed E-state index contributed by atoms with van der Waals surface area (Å²) in [6.45, 7) is 5.08. The Hall–Kier alpha value is -0.0900. The number of halogens is 1. The number of aliphatic hydroxyl groups is 1. The first-order valence-corrected chi connectivity index (χ1v) is 5.55. The summed E-state index contributed by atoms with van der Waals surface area (Å²) in [7, 11) is 0. The summed E-state index contributed by atoms with van der Waals surface area (Å²) in [6, 6.07) is 0. The SMILES string of the molecule is CC(Br)C(=O)N1CCC(C)C(O)C1. The van der Waals surface area contributed by atoms with Crippen LogP contribution in [0.4, 0.5) is 0 Å². The molecule has 0 aromatic carbocycles. The quantitative estimate of drug-likeness (QED) is 0.705. The van der Waals surface area contributed by atoms with Gasteiger partial charge < -0.3 is 10.0 Å². The Labute approximate surface area is 87.2 Å². The number of hydrogen-bond acceptors (Lipinski definition) is 2. The number of likely N-dealkylation sites (tertiary alicyclic amines) is 1. The second-order valence-electron chi connectivity index (χ2n) is 3.73. The molecule has 3 atom stereocenters. The Morgan fingerprint density at radius 1 is 1.69 bits per heavy atom. The molecule has 1 saturated heterocycles. The van der Waals surface area contributed by atoms with Gasteiger partial charge >= 0.3 is 0 Å². The van der Waals surface area contributed by atoms with Crippen LogP contribution in [-0.2, 0) is 4.79 Å². The van der Waals surface area contributed by atoms with Gasteiger partial charge in [0.2, 0.25) is 5.91 Å². The van der Waals surface area contributed by atoms with E-state index in [9.17, 15) is 9.90 Å². The molecule has 13 heavy (non-hydrogen) atoms. The largest absolute Gasteiger partial charge is 0.391 e. The van der Waals surface area contributed by atoms with Gasteiger partial charge in [-0.15, -0.1) is 0 Å². The van der Waals surface area contributed by atoms with Gasteiger partial charge in [0, 0.05) is 13.1 Å². The van der Waals surface area contributed by atoms with Gasteiger partial charge in [0.25, 0.3) is 0 Å². The van der Waals surface area contributed by atoms with E-state index in [1.54, 1.807) is 4.90 Å². The average molecular weight is 250 g/mol. The molecule has 4 heteroatoms. The molecule has 1 fully saturated rings. The topological polar surface area (TPSA) is 40.5 Å².